The summed E-state index contributed by atoms with van der Waals surface area (Å²) in [4.78, 5) is 79.7. The van der Waals surface area contributed by atoms with E-state index in [0.717, 1.165) is 0 Å². The minimum Gasteiger partial charge on any atom is -0.508 e. The van der Waals surface area contributed by atoms with Crippen LogP contribution in [0.1, 0.15) is 85.6 Å². The number of esters is 2. The van der Waals surface area contributed by atoms with E-state index in [1.807, 2.05) is 12.2 Å². The number of allylic oxidation sites excluding steroid dienone is 5. The van der Waals surface area contributed by atoms with Crippen molar-refractivity contribution < 1.29 is 48.5 Å². The number of Topliss-reactive ketones (excluding diaryl/α,β-unsaturated/α-hetero) is 1. The van der Waals surface area contributed by atoms with E-state index in [1.54, 1.807) is 65.0 Å². The van der Waals surface area contributed by atoms with Crippen LogP contribution in [0.4, 0.5) is 0 Å². The van der Waals surface area contributed by atoms with E-state index in [1.165, 1.54) is 36.2 Å². The number of hydrogen-bond acceptors (Lipinski definition) is 11. The number of nitrogens with one attached hydrogen (secondary N) is 3. The second-order valence-electron chi connectivity index (χ2n) is 15.1. The fourth-order valence-corrected chi connectivity index (χ4v) is 6.61. The predicted molar refractivity (Wildman–Crippen MR) is 214 cm³/mol. The van der Waals surface area contributed by atoms with Gasteiger partial charge in [-0.2, -0.15) is 0 Å². The molecule has 2 aliphatic rings. The number of rotatable bonds is 10. The lowest BCUT2D eigenvalue weighted by Crippen LogP contribution is -2.62. The Balaban J connectivity index is 2.04. The normalized spacial score (nSPS) is 26.3. The quantitative estimate of drug-likeness (QED) is 0.131. The number of nitrogens with zero attached hydrogens (tertiary/aromatic N) is 1. The van der Waals surface area contributed by atoms with Gasteiger partial charge in [0.1, 0.15) is 35.8 Å². The molecule has 2 bridgehead atoms. The number of fused-ring (bicyclic) bond motifs is 2. The van der Waals surface area contributed by atoms with Gasteiger partial charge in [0.25, 0.3) is 5.91 Å². The smallest absolute Gasteiger partial charge is 0.330 e. The Morgan fingerprint density at radius 3 is 2.44 bits per heavy atom. The van der Waals surface area contributed by atoms with Crippen molar-refractivity contribution in [2.45, 2.75) is 117 Å². The second-order valence-corrected chi connectivity index (χ2v) is 15.1. The lowest BCUT2D eigenvalue weighted by Gasteiger charge is -2.36. The van der Waals surface area contributed by atoms with Crippen molar-refractivity contribution in [1.29, 1.82) is 0 Å². The summed E-state index contributed by atoms with van der Waals surface area (Å²) in [6.07, 6.45) is 11.4. The van der Waals surface area contributed by atoms with Crippen LogP contribution in [-0.2, 0) is 44.7 Å². The molecule has 1 aromatic carbocycles. The Bertz CT molecular complexity index is 1680. The van der Waals surface area contributed by atoms with Crippen molar-refractivity contribution in [3.05, 3.63) is 77.9 Å². The lowest BCUT2D eigenvalue weighted by molar-refractivity contribution is -0.156. The maximum atomic E-state index is 14.3. The summed E-state index contributed by atoms with van der Waals surface area (Å²) in [5.74, 6) is -4.89. The zero-order valence-corrected chi connectivity index (χ0v) is 33.9. The highest BCUT2D eigenvalue weighted by Gasteiger charge is 2.37. The van der Waals surface area contributed by atoms with E-state index in [2.05, 4.69) is 16.1 Å². The predicted octanol–water partition coefficient (Wildman–Crippen LogP) is 3.92. The molecule has 2 aliphatic heterocycles. The van der Waals surface area contributed by atoms with Crippen LogP contribution in [0.15, 0.2) is 72.4 Å². The molecule has 14 heteroatoms. The third-order valence-electron chi connectivity index (χ3n) is 9.97. The van der Waals surface area contributed by atoms with Crippen molar-refractivity contribution >= 4 is 35.4 Å². The first kappa shape index (κ1) is 46.3. The average molecular weight is 793 g/mol. The van der Waals surface area contributed by atoms with Crippen LogP contribution in [-0.4, -0.2) is 94.2 Å². The van der Waals surface area contributed by atoms with Gasteiger partial charge in [-0.1, -0.05) is 69.4 Å². The number of amides is 3. The Labute approximate surface area is 335 Å². The molecule has 7 atom stereocenters. The fraction of sp³-hybridized carbons (Fsp3) is 0.535. The Kier molecular flexibility index (Phi) is 18.9. The van der Waals surface area contributed by atoms with Gasteiger partial charge in [-0.05, 0) is 81.6 Å². The van der Waals surface area contributed by atoms with E-state index >= 15 is 0 Å². The summed E-state index contributed by atoms with van der Waals surface area (Å²) < 4.78 is 11.0. The minimum absolute atomic E-state index is 0.0201. The molecule has 14 nitrogen and oxygen atoms in total. The topological polar surface area (TPSA) is 201 Å². The van der Waals surface area contributed by atoms with Crippen molar-refractivity contribution in [1.82, 2.24) is 21.1 Å². The highest BCUT2D eigenvalue weighted by atomic mass is 16.5. The third-order valence-corrected chi connectivity index (χ3v) is 9.97. The number of hydrazine groups is 1. The molecular weight excluding hydrogens is 732 g/mol. The highest BCUT2D eigenvalue weighted by molar-refractivity contribution is 5.93. The van der Waals surface area contributed by atoms with Crippen molar-refractivity contribution in [2.75, 3.05) is 13.2 Å². The van der Waals surface area contributed by atoms with Crippen molar-refractivity contribution in [3.8, 4) is 5.75 Å². The average Bonchev–Trinajstić information content (AvgIpc) is 3.16. The number of carbonyl (C=O) groups is 6. The van der Waals surface area contributed by atoms with Crippen LogP contribution < -0.4 is 16.1 Å². The number of aliphatic hydroxyl groups is 1. The summed E-state index contributed by atoms with van der Waals surface area (Å²) >= 11 is 0. The van der Waals surface area contributed by atoms with Crippen molar-refractivity contribution in [2.24, 2.45) is 17.8 Å². The summed E-state index contributed by atoms with van der Waals surface area (Å²) in [6.45, 7) is 10.6. The third kappa shape index (κ3) is 15.1. The fourth-order valence-electron chi connectivity index (χ4n) is 6.61. The number of benzene rings is 1. The lowest BCUT2D eigenvalue weighted by atomic mass is 9.85. The number of carbonyl (C=O) groups excluding carboxylic acids is 6. The number of phenolic OH excluding ortho intramolecular Hbond substituents is 1. The van der Waals surface area contributed by atoms with Crippen LogP contribution >= 0.6 is 0 Å². The number of cyclic esters (lactones) is 1. The van der Waals surface area contributed by atoms with E-state index in [0.29, 0.717) is 30.4 Å². The SMILES string of the molecule is CCOC(=O)C=CC=C(C)C1CC=CC=CCC(C)C(O)C(CCC(C)=O)C(=O)NC(C(C)C)C(=O)NC(Cc2cccc(O)c2)C(=O)N2CCCC(N2)C(=O)O1. The van der Waals surface area contributed by atoms with Crippen LogP contribution in [0.2, 0.25) is 0 Å². The van der Waals surface area contributed by atoms with Gasteiger partial charge in [-0.25, -0.2) is 10.2 Å². The van der Waals surface area contributed by atoms with Gasteiger partial charge in [0, 0.05) is 31.9 Å². The maximum Gasteiger partial charge on any atom is 0.330 e. The molecule has 57 heavy (non-hydrogen) atoms. The van der Waals surface area contributed by atoms with Gasteiger partial charge in [-0.15, -0.1) is 0 Å². The van der Waals surface area contributed by atoms with Crippen LogP contribution in [0.25, 0.3) is 0 Å². The molecule has 3 rings (SSSR count). The van der Waals surface area contributed by atoms with Crippen LogP contribution in [0, 0.1) is 17.8 Å². The molecule has 0 aliphatic carbocycles. The maximum absolute atomic E-state index is 14.3. The molecule has 0 saturated carbocycles. The molecule has 0 spiro atoms. The first-order valence-corrected chi connectivity index (χ1v) is 19.8. The van der Waals surface area contributed by atoms with Gasteiger partial charge in [0.15, 0.2) is 0 Å². The van der Waals surface area contributed by atoms with Gasteiger partial charge < -0.3 is 35.1 Å². The van der Waals surface area contributed by atoms with Crippen LogP contribution in [0.5, 0.6) is 5.75 Å². The summed E-state index contributed by atoms with van der Waals surface area (Å²) in [6, 6.07) is 3.10. The molecule has 2 heterocycles. The van der Waals surface area contributed by atoms with Gasteiger partial charge in [-0.3, -0.25) is 24.2 Å². The Hall–Kier alpha value is -5.08. The highest BCUT2D eigenvalue weighted by Crippen LogP contribution is 2.24. The monoisotopic (exact) mass is 792 g/mol. The van der Waals surface area contributed by atoms with E-state index < -0.39 is 77.7 Å². The number of ketones is 1. The van der Waals surface area contributed by atoms with E-state index in [9.17, 15) is 39.0 Å². The van der Waals surface area contributed by atoms with Gasteiger partial charge in [0.2, 0.25) is 11.8 Å². The number of hydrogen-bond donors (Lipinski definition) is 5. The van der Waals surface area contributed by atoms with E-state index in [-0.39, 0.29) is 50.4 Å². The standard InChI is InChI=1S/C43H60N4O10/c1-7-56-37(50)21-12-16-28(4)36-20-11-9-8-10-15-29(5)39(51)33(23-22-30(6)48)40(52)45-38(27(2)3)41(53)44-35(26-31-17-13-18-32(49)25-31)42(54)47-24-14-19-34(46-47)43(55)57-36/h8-13,16-18,21,25,27,29,33-36,38-39,46,49,51H,7,14-15,19-20,22-24,26H2,1-6H3,(H,44,53)(H,45,52). The molecular formula is C43H60N4O10. The summed E-state index contributed by atoms with van der Waals surface area (Å²) in [7, 11) is 0. The first-order chi connectivity index (χ1) is 27.1. The van der Waals surface area contributed by atoms with E-state index in [4.69, 9.17) is 9.47 Å². The second kappa shape index (κ2) is 23.2. The molecule has 0 radical (unpaired) electrons. The Morgan fingerprint density at radius 2 is 1.77 bits per heavy atom. The summed E-state index contributed by atoms with van der Waals surface area (Å²) in [5.41, 5.74) is 4.21. The molecule has 3 amide bonds. The van der Waals surface area contributed by atoms with Gasteiger partial charge in [0.05, 0.1) is 18.6 Å². The molecule has 1 aromatic rings. The molecule has 312 valence electrons. The molecule has 1 saturated heterocycles. The number of aromatic hydroxyl groups is 1. The number of ether oxygens (including phenoxy) is 2. The molecule has 0 aromatic heterocycles. The van der Waals surface area contributed by atoms with Gasteiger partial charge >= 0.3 is 11.9 Å². The van der Waals surface area contributed by atoms with Crippen LogP contribution in [0.3, 0.4) is 0 Å². The molecule has 7 unspecified atom stereocenters. The molecule has 1 fully saturated rings. The van der Waals surface area contributed by atoms with Crippen molar-refractivity contribution in [3.63, 3.8) is 0 Å². The minimum atomic E-state index is -1.18. The molecule has 5 N–H and O–H groups in total. The summed E-state index contributed by atoms with van der Waals surface area (Å²) in [5, 5.41) is 28.5. The largest absolute Gasteiger partial charge is 0.508 e. The Morgan fingerprint density at radius 1 is 1.05 bits per heavy atom. The number of phenols is 1. The zero-order valence-electron chi connectivity index (χ0n) is 33.9. The first-order valence-electron chi connectivity index (χ1n) is 19.8. The number of aliphatic hydroxyl groups excluding tert-OH is 1. The zero-order chi connectivity index (χ0) is 42.1.